The topological polar surface area (TPSA) is 60.9 Å². The fraction of sp³-hybridized carbons (Fsp3) is 0.846. The van der Waals surface area contributed by atoms with Crippen LogP contribution in [0, 0.1) is 17.3 Å². The molecule has 5 nitrogen and oxygen atoms in total. The molecule has 2 aliphatic rings. The van der Waals surface area contributed by atoms with Gasteiger partial charge in [-0.25, -0.2) is 0 Å². The number of hydrogen-bond donors (Lipinski definition) is 1. The smallest absolute Gasteiger partial charge is 0.307 e. The van der Waals surface area contributed by atoms with Gasteiger partial charge in [-0.05, 0) is 25.4 Å². The van der Waals surface area contributed by atoms with Crippen molar-refractivity contribution in [2.24, 2.45) is 17.3 Å². The van der Waals surface area contributed by atoms with E-state index in [1.165, 1.54) is 0 Å². The molecule has 2 atom stereocenters. The van der Waals surface area contributed by atoms with E-state index in [0.717, 1.165) is 26.1 Å². The third kappa shape index (κ3) is 2.23. The molecule has 0 bridgehead atoms. The van der Waals surface area contributed by atoms with E-state index in [4.69, 9.17) is 5.11 Å². The summed E-state index contributed by atoms with van der Waals surface area (Å²) >= 11 is 0. The van der Waals surface area contributed by atoms with Gasteiger partial charge in [-0.1, -0.05) is 13.8 Å². The molecule has 1 heterocycles. The minimum Gasteiger partial charge on any atom is -0.481 e. The molecule has 1 saturated heterocycles. The number of hydrogen-bond acceptors (Lipinski definition) is 3. The molecule has 5 heteroatoms. The minimum absolute atomic E-state index is 0.0303. The fourth-order valence-corrected chi connectivity index (χ4v) is 3.02. The summed E-state index contributed by atoms with van der Waals surface area (Å²) in [6.07, 6.45) is 0.965. The number of carboxylic acid groups (broad SMARTS) is 1. The molecule has 1 amide bonds. The number of likely N-dealkylation sites (N-methyl/N-ethyl adjacent to an activating group) is 1. The standard InChI is InChI=1S/C13H22N2O3/c1-13(2)9(10(13)12(17)18)11(16)15-6-4-5-14(3)7-8-15/h9-10H,4-8H2,1-3H3,(H,17,18)/t9-,10+/m0/s1. The normalized spacial score (nSPS) is 31.8. The highest BCUT2D eigenvalue weighted by atomic mass is 16.4. The molecule has 0 radical (unpaired) electrons. The molecule has 18 heavy (non-hydrogen) atoms. The number of amides is 1. The van der Waals surface area contributed by atoms with Crippen LogP contribution in [0.5, 0.6) is 0 Å². The molecule has 1 N–H and O–H groups in total. The molecule has 0 aromatic carbocycles. The maximum absolute atomic E-state index is 12.4. The SMILES string of the molecule is CN1CCCN(C(=O)[C@@H]2[C@H](C(=O)O)C2(C)C)CC1. The summed E-state index contributed by atoms with van der Waals surface area (Å²) < 4.78 is 0. The average molecular weight is 254 g/mol. The van der Waals surface area contributed by atoms with E-state index in [0.29, 0.717) is 6.54 Å². The zero-order valence-electron chi connectivity index (χ0n) is 11.3. The summed E-state index contributed by atoms with van der Waals surface area (Å²) in [4.78, 5) is 27.6. The van der Waals surface area contributed by atoms with Crippen molar-refractivity contribution in [1.82, 2.24) is 9.80 Å². The van der Waals surface area contributed by atoms with Gasteiger partial charge in [0.2, 0.25) is 5.91 Å². The Labute approximate surface area is 108 Å². The first-order valence-corrected chi connectivity index (χ1v) is 6.56. The predicted molar refractivity (Wildman–Crippen MR) is 67.1 cm³/mol. The van der Waals surface area contributed by atoms with Crippen LogP contribution in [0.2, 0.25) is 0 Å². The van der Waals surface area contributed by atoms with Crippen molar-refractivity contribution in [2.45, 2.75) is 20.3 Å². The summed E-state index contributed by atoms with van der Waals surface area (Å²) in [5.41, 5.74) is -0.388. The van der Waals surface area contributed by atoms with Crippen molar-refractivity contribution in [3.63, 3.8) is 0 Å². The van der Waals surface area contributed by atoms with Crippen molar-refractivity contribution in [2.75, 3.05) is 33.2 Å². The Bertz CT molecular complexity index is 367. The van der Waals surface area contributed by atoms with Gasteiger partial charge in [0.1, 0.15) is 0 Å². The quantitative estimate of drug-likeness (QED) is 0.780. The van der Waals surface area contributed by atoms with Gasteiger partial charge in [-0.2, -0.15) is 0 Å². The Morgan fingerprint density at radius 2 is 1.78 bits per heavy atom. The summed E-state index contributed by atoms with van der Waals surface area (Å²) in [6, 6.07) is 0. The van der Waals surface area contributed by atoms with Gasteiger partial charge in [-0.15, -0.1) is 0 Å². The van der Waals surface area contributed by atoms with E-state index in [9.17, 15) is 9.59 Å². The Morgan fingerprint density at radius 3 is 2.33 bits per heavy atom. The van der Waals surface area contributed by atoms with Gasteiger partial charge in [0.15, 0.2) is 0 Å². The van der Waals surface area contributed by atoms with Crippen LogP contribution in [0.15, 0.2) is 0 Å². The van der Waals surface area contributed by atoms with E-state index < -0.39 is 11.9 Å². The monoisotopic (exact) mass is 254 g/mol. The first-order valence-electron chi connectivity index (χ1n) is 6.56. The zero-order valence-corrected chi connectivity index (χ0v) is 11.3. The van der Waals surface area contributed by atoms with Crippen molar-refractivity contribution in [1.29, 1.82) is 0 Å². The third-order valence-corrected chi connectivity index (χ3v) is 4.39. The maximum atomic E-state index is 12.4. The molecule has 0 aromatic heterocycles. The Balaban J connectivity index is 2.02. The maximum Gasteiger partial charge on any atom is 0.307 e. The van der Waals surface area contributed by atoms with Crippen LogP contribution in [0.3, 0.4) is 0 Å². The molecular formula is C13H22N2O3. The fourth-order valence-electron chi connectivity index (χ4n) is 3.02. The molecule has 0 spiro atoms. The third-order valence-electron chi connectivity index (χ3n) is 4.39. The van der Waals surface area contributed by atoms with E-state index in [1.807, 2.05) is 18.7 Å². The molecule has 1 aliphatic carbocycles. The number of aliphatic carboxylic acids is 1. The minimum atomic E-state index is -0.842. The van der Waals surface area contributed by atoms with Gasteiger partial charge >= 0.3 is 5.97 Å². The predicted octanol–water partition coefficient (Wildman–Crippen LogP) is 0.507. The number of carbonyl (C=O) groups excluding carboxylic acids is 1. The van der Waals surface area contributed by atoms with Crippen LogP contribution in [0.25, 0.3) is 0 Å². The first kappa shape index (κ1) is 13.3. The zero-order chi connectivity index (χ0) is 13.5. The van der Waals surface area contributed by atoms with Crippen molar-refractivity contribution < 1.29 is 14.7 Å². The van der Waals surface area contributed by atoms with Crippen molar-refractivity contribution in [3.8, 4) is 0 Å². The highest BCUT2D eigenvalue weighted by molar-refractivity contribution is 5.91. The van der Waals surface area contributed by atoms with Crippen LogP contribution in [-0.4, -0.2) is 60.0 Å². The number of carboxylic acids is 1. The van der Waals surface area contributed by atoms with E-state index in [2.05, 4.69) is 11.9 Å². The summed E-state index contributed by atoms with van der Waals surface area (Å²) in [5, 5.41) is 9.13. The average Bonchev–Trinajstić information content (AvgIpc) is 2.91. The Morgan fingerprint density at radius 1 is 1.11 bits per heavy atom. The molecule has 1 aliphatic heterocycles. The molecule has 2 rings (SSSR count). The van der Waals surface area contributed by atoms with Gasteiger partial charge in [0, 0.05) is 19.6 Å². The lowest BCUT2D eigenvalue weighted by Crippen LogP contribution is -2.36. The number of rotatable bonds is 2. The Hall–Kier alpha value is -1.10. The Kier molecular flexibility index (Phi) is 3.36. The van der Waals surface area contributed by atoms with Crippen LogP contribution in [0.1, 0.15) is 20.3 Å². The second-order valence-corrected chi connectivity index (χ2v) is 6.10. The molecule has 0 unspecified atom stereocenters. The lowest BCUT2D eigenvalue weighted by Gasteiger charge is -2.21. The largest absolute Gasteiger partial charge is 0.481 e. The van der Waals surface area contributed by atoms with Crippen LogP contribution in [-0.2, 0) is 9.59 Å². The molecular weight excluding hydrogens is 232 g/mol. The molecule has 102 valence electrons. The molecule has 2 fully saturated rings. The van der Waals surface area contributed by atoms with Gasteiger partial charge in [0.05, 0.1) is 11.8 Å². The lowest BCUT2D eigenvalue weighted by atomic mass is 10.1. The van der Waals surface area contributed by atoms with E-state index in [1.54, 1.807) is 0 Å². The summed E-state index contributed by atoms with van der Waals surface area (Å²) in [6.45, 7) is 7.09. The lowest BCUT2D eigenvalue weighted by molar-refractivity contribution is -0.142. The van der Waals surface area contributed by atoms with Crippen LogP contribution >= 0.6 is 0 Å². The van der Waals surface area contributed by atoms with Crippen molar-refractivity contribution >= 4 is 11.9 Å². The van der Waals surface area contributed by atoms with Crippen LogP contribution in [0.4, 0.5) is 0 Å². The van der Waals surface area contributed by atoms with Crippen LogP contribution < -0.4 is 0 Å². The molecule has 1 saturated carbocycles. The van der Waals surface area contributed by atoms with E-state index in [-0.39, 0.29) is 17.2 Å². The van der Waals surface area contributed by atoms with Gasteiger partial charge < -0.3 is 14.9 Å². The molecule has 0 aromatic rings. The van der Waals surface area contributed by atoms with Crippen molar-refractivity contribution in [3.05, 3.63) is 0 Å². The van der Waals surface area contributed by atoms with Gasteiger partial charge in [0.25, 0.3) is 0 Å². The highest BCUT2D eigenvalue weighted by Gasteiger charge is 2.66. The van der Waals surface area contributed by atoms with Gasteiger partial charge in [-0.3, -0.25) is 9.59 Å². The second-order valence-electron chi connectivity index (χ2n) is 6.10. The number of carbonyl (C=O) groups is 2. The number of nitrogens with zero attached hydrogens (tertiary/aromatic N) is 2. The first-order chi connectivity index (χ1) is 8.35. The summed E-state index contributed by atoms with van der Waals surface area (Å²) in [5.74, 6) is -1.66. The second kappa shape index (κ2) is 4.53. The van der Waals surface area contributed by atoms with E-state index >= 15 is 0 Å². The summed E-state index contributed by atoms with van der Waals surface area (Å²) in [7, 11) is 2.05. The highest BCUT2D eigenvalue weighted by Crippen LogP contribution is 2.59.